The van der Waals surface area contributed by atoms with Crippen molar-refractivity contribution in [3.8, 4) is 0 Å². The Balaban J connectivity index is 2.77. The maximum absolute atomic E-state index is 3.60. The van der Waals surface area contributed by atoms with Gasteiger partial charge in [0.2, 0.25) is 3.36 Å². The lowest BCUT2D eigenvalue weighted by Crippen LogP contribution is -2.02. The normalized spacial score (nSPS) is 23.7. The van der Waals surface area contributed by atoms with Crippen molar-refractivity contribution >= 4 is 38.1 Å². The molecule has 1 aliphatic heterocycles. The molecule has 0 N–H and O–H groups in total. The average molecular weight is 227 g/mol. The van der Waals surface area contributed by atoms with Crippen molar-refractivity contribution in [2.45, 2.75) is 3.36 Å². The molecule has 0 aromatic heterocycles. The van der Waals surface area contributed by atoms with E-state index in [2.05, 4.69) is 47.3 Å². The minimum atomic E-state index is -0.514. The van der Waals surface area contributed by atoms with Gasteiger partial charge in [-0.2, -0.15) is 0 Å². The number of nitrogens with zero attached hydrogens (tertiary/aromatic N) is 3. The van der Waals surface area contributed by atoms with Crippen LogP contribution in [0.3, 0.4) is 0 Å². The van der Waals surface area contributed by atoms with Gasteiger partial charge in [-0.05, 0) is 37.1 Å². The Morgan fingerprint density at radius 3 is 2.29 bits per heavy atom. The molecule has 0 aromatic carbocycles. The number of halogens is 2. The highest BCUT2D eigenvalue weighted by Gasteiger charge is 2.21. The Kier molecular flexibility index (Phi) is 1.25. The Bertz CT molecular complexity index is 113. The zero-order valence-electron chi connectivity index (χ0n) is 3.17. The minimum Gasteiger partial charge on any atom is -0.139 e. The van der Waals surface area contributed by atoms with Crippen LogP contribution in [-0.4, -0.2) is 9.57 Å². The van der Waals surface area contributed by atoms with Gasteiger partial charge < -0.3 is 0 Å². The van der Waals surface area contributed by atoms with Gasteiger partial charge in [-0.25, -0.2) is 0 Å². The monoisotopic (exact) mass is 225 g/mol. The molecule has 38 valence electrons. The van der Waals surface area contributed by atoms with Crippen LogP contribution in [0.15, 0.2) is 15.4 Å². The second kappa shape index (κ2) is 1.63. The molecule has 0 fully saturated rings. The molecule has 0 aromatic rings. The van der Waals surface area contributed by atoms with Crippen LogP contribution in [0.1, 0.15) is 0 Å². The molecule has 7 heavy (non-hydrogen) atoms. The van der Waals surface area contributed by atoms with Crippen LogP contribution < -0.4 is 0 Å². The first-order chi connectivity index (χ1) is 3.21. The number of rotatable bonds is 0. The summed E-state index contributed by atoms with van der Waals surface area (Å²) < 4.78 is -0.514. The fourth-order valence-electron chi connectivity index (χ4n) is 0.207. The first-order valence-corrected chi connectivity index (χ1v) is 3.13. The van der Waals surface area contributed by atoms with Gasteiger partial charge in [0.15, 0.2) is 0 Å². The lowest BCUT2D eigenvalue weighted by atomic mass is 10.8. The van der Waals surface area contributed by atoms with Crippen LogP contribution in [-0.2, 0) is 0 Å². The van der Waals surface area contributed by atoms with Crippen molar-refractivity contribution in [2.24, 2.45) is 15.4 Å². The third kappa shape index (κ3) is 1.31. The molecular weight excluding hydrogens is 226 g/mol. The second-order valence-corrected chi connectivity index (χ2v) is 4.50. The molecule has 5 heteroatoms. The highest BCUT2D eigenvalue weighted by molar-refractivity contribution is 9.25. The molecule has 1 rings (SSSR count). The van der Waals surface area contributed by atoms with Gasteiger partial charge in [-0.15, -0.1) is 10.2 Å². The predicted molar refractivity (Wildman–Crippen MR) is 33.9 cm³/mol. The van der Waals surface area contributed by atoms with Gasteiger partial charge in [-0.1, -0.05) is 0 Å². The molecule has 0 aliphatic carbocycles. The van der Waals surface area contributed by atoms with Crippen molar-refractivity contribution in [2.75, 3.05) is 0 Å². The van der Waals surface area contributed by atoms with Gasteiger partial charge in [0.1, 0.15) is 0 Å². The van der Waals surface area contributed by atoms with Gasteiger partial charge in [0, 0.05) is 0 Å². The first-order valence-electron chi connectivity index (χ1n) is 1.55. The Hall–Kier alpha value is 0.230. The van der Waals surface area contributed by atoms with Crippen LogP contribution in [0, 0.1) is 0 Å². The maximum atomic E-state index is 3.60. The Morgan fingerprint density at radius 2 is 2.14 bits per heavy atom. The lowest BCUT2D eigenvalue weighted by molar-refractivity contribution is 1.02. The number of hydrogen-bond donors (Lipinski definition) is 0. The van der Waals surface area contributed by atoms with Gasteiger partial charge >= 0.3 is 0 Å². The molecule has 0 saturated carbocycles. The van der Waals surface area contributed by atoms with E-state index in [0.717, 1.165) is 0 Å². The Labute approximate surface area is 57.1 Å². The fraction of sp³-hybridized carbons (Fsp3) is 0.500. The summed E-state index contributed by atoms with van der Waals surface area (Å²) in [4.78, 5) is 0. The summed E-state index contributed by atoms with van der Waals surface area (Å²) in [5.41, 5.74) is 0. The number of alkyl halides is 2. The summed E-state index contributed by atoms with van der Waals surface area (Å²) in [6.45, 7) is 0. The van der Waals surface area contributed by atoms with Crippen molar-refractivity contribution in [1.82, 2.24) is 0 Å². The van der Waals surface area contributed by atoms with E-state index in [0.29, 0.717) is 0 Å². The van der Waals surface area contributed by atoms with E-state index in [9.17, 15) is 0 Å². The zero-order chi connectivity index (χ0) is 5.33. The first kappa shape index (κ1) is 5.37. The predicted octanol–water partition coefficient (Wildman–Crippen LogP) is 1.88. The quantitative estimate of drug-likeness (QED) is 0.447. The lowest BCUT2D eigenvalue weighted by Gasteiger charge is -1.96. The van der Waals surface area contributed by atoms with E-state index >= 15 is 0 Å². The molecule has 0 spiro atoms. The van der Waals surface area contributed by atoms with Crippen molar-refractivity contribution in [1.29, 1.82) is 0 Å². The van der Waals surface area contributed by atoms with Crippen LogP contribution in [0.4, 0.5) is 0 Å². The largest absolute Gasteiger partial charge is 0.229 e. The van der Waals surface area contributed by atoms with Crippen molar-refractivity contribution in [3.05, 3.63) is 0 Å². The molecular formula is C2HBr2N3. The fourth-order valence-corrected chi connectivity index (χ4v) is 0.532. The van der Waals surface area contributed by atoms with Gasteiger partial charge in [-0.3, -0.25) is 0 Å². The molecule has 0 saturated heterocycles. The second-order valence-electron chi connectivity index (χ2n) is 1.02. The topological polar surface area (TPSA) is 37.1 Å². The summed E-state index contributed by atoms with van der Waals surface area (Å²) in [5, 5.41) is 10.4. The summed E-state index contributed by atoms with van der Waals surface area (Å²) in [6, 6.07) is 0. The van der Waals surface area contributed by atoms with Crippen LogP contribution >= 0.6 is 31.9 Å². The highest BCUT2D eigenvalue weighted by atomic mass is 79.9. The van der Waals surface area contributed by atoms with Gasteiger partial charge in [0.05, 0.1) is 6.21 Å². The maximum Gasteiger partial charge on any atom is 0.229 e. The van der Waals surface area contributed by atoms with E-state index in [1.54, 1.807) is 6.21 Å². The molecule has 0 radical (unpaired) electrons. The van der Waals surface area contributed by atoms with Crippen LogP contribution in [0.2, 0.25) is 0 Å². The summed E-state index contributed by atoms with van der Waals surface area (Å²) in [5.74, 6) is 0. The van der Waals surface area contributed by atoms with E-state index in [4.69, 9.17) is 0 Å². The average Bonchev–Trinajstić information content (AvgIpc) is 1.84. The van der Waals surface area contributed by atoms with Crippen molar-refractivity contribution in [3.63, 3.8) is 0 Å². The Morgan fingerprint density at radius 1 is 1.43 bits per heavy atom. The van der Waals surface area contributed by atoms with E-state index in [1.807, 2.05) is 0 Å². The molecule has 1 aliphatic rings. The summed E-state index contributed by atoms with van der Waals surface area (Å²) in [7, 11) is 0. The summed E-state index contributed by atoms with van der Waals surface area (Å²) >= 11 is 6.30. The van der Waals surface area contributed by atoms with Crippen LogP contribution in [0.5, 0.6) is 0 Å². The third-order valence-electron chi connectivity index (χ3n) is 0.443. The molecule has 0 atom stereocenters. The van der Waals surface area contributed by atoms with Crippen LogP contribution in [0.25, 0.3) is 0 Å². The van der Waals surface area contributed by atoms with Crippen molar-refractivity contribution < 1.29 is 0 Å². The molecule has 0 bridgehead atoms. The smallest absolute Gasteiger partial charge is 0.139 e. The zero-order valence-corrected chi connectivity index (χ0v) is 6.35. The number of hydrogen-bond acceptors (Lipinski definition) is 3. The molecule has 1 heterocycles. The molecule has 3 nitrogen and oxygen atoms in total. The van der Waals surface area contributed by atoms with E-state index in [1.165, 1.54) is 0 Å². The molecule has 0 amide bonds. The minimum absolute atomic E-state index is 0.514. The third-order valence-corrected chi connectivity index (χ3v) is 1.17. The highest BCUT2D eigenvalue weighted by Crippen LogP contribution is 2.28. The van der Waals surface area contributed by atoms with E-state index < -0.39 is 3.36 Å². The molecule has 0 unspecified atom stereocenters. The van der Waals surface area contributed by atoms with E-state index in [-0.39, 0.29) is 0 Å². The standard InChI is InChI=1S/C2HBr2N3/c3-2(4)1-5-7-6-2/h1H. The summed E-state index contributed by atoms with van der Waals surface area (Å²) in [6.07, 6.45) is 1.55. The van der Waals surface area contributed by atoms with Gasteiger partial charge in [0.25, 0.3) is 0 Å². The SMILES string of the molecule is BrC1(Br)C=NN=N1.